The lowest BCUT2D eigenvalue weighted by Gasteiger charge is -2.10. The maximum Gasteiger partial charge on any atom is 0.306 e. The van der Waals surface area contributed by atoms with Gasteiger partial charge in [-0.05, 0) is 39.0 Å². The summed E-state index contributed by atoms with van der Waals surface area (Å²) in [5.41, 5.74) is 0. The van der Waals surface area contributed by atoms with Gasteiger partial charge in [0, 0.05) is 12.8 Å². The van der Waals surface area contributed by atoms with Crippen LogP contribution >= 0.6 is 0 Å². The molecule has 2 nitrogen and oxygen atoms in total. The quantitative estimate of drug-likeness (QED) is 0.471. The van der Waals surface area contributed by atoms with Gasteiger partial charge in [-0.1, -0.05) is 36.5 Å². The summed E-state index contributed by atoms with van der Waals surface area (Å²) in [6, 6.07) is 0. The number of hydrogen-bond donors (Lipinski definition) is 0. The van der Waals surface area contributed by atoms with Crippen molar-refractivity contribution in [3.8, 4) is 0 Å². The number of esters is 1. The van der Waals surface area contributed by atoms with Gasteiger partial charge >= 0.3 is 5.97 Å². The van der Waals surface area contributed by atoms with Gasteiger partial charge in [0.25, 0.3) is 0 Å². The van der Waals surface area contributed by atoms with Crippen LogP contribution < -0.4 is 0 Å². The molecule has 0 saturated carbocycles. The number of ether oxygens (including phenoxy) is 1. The molecule has 1 atom stereocenters. The Kier molecular flexibility index (Phi) is 7.94. The number of carbonyl (C=O) groups is 1. The van der Waals surface area contributed by atoms with E-state index in [9.17, 15) is 4.79 Å². The SMILES string of the molecule is CC1C/C=C\C/C=C\C/C=C\CCCCC(=O)O1. The Hall–Kier alpha value is -1.31. The van der Waals surface area contributed by atoms with Crippen molar-refractivity contribution < 1.29 is 9.53 Å². The molecule has 0 bridgehead atoms. The average molecular weight is 248 g/mol. The van der Waals surface area contributed by atoms with Crippen LogP contribution in [0.1, 0.15) is 51.9 Å². The molecule has 0 saturated heterocycles. The number of allylic oxidation sites excluding steroid dienone is 5. The van der Waals surface area contributed by atoms with Crippen molar-refractivity contribution in [2.24, 2.45) is 0 Å². The maximum atomic E-state index is 11.5. The molecule has 100 valence electrons. The first kappa shape index (κ1) is 14.7. The van der Waals surface area contributed by atoms with Gasteiger partial charge in [-0.15, -0.1) is 0 Å². The molecule has 1 heterocycles. The fourth-order valence-corrected chi connectivity index (χ4v) is 1.81. The van der Waals surface area contributed by atoms with Gasteiger partial charge in [-0.2, -0.15) is 0 Å². The van der Waals surface area contributed by atoms with Crippen molar-refractivity contribution >= 4 is 5.97 Å². The normalized spacial score (nSPS) is 29.2. The van der Waals surface area contributed by atoms with Crippen molar-refractivity contribution in [3.63, 3.8) is 0 Å². The van der Waals surface area contributed by atoms with Gasteiger partial charge in [-0.25, -0.2) is 0 Å². The van der Waals surface area contributed by atoms with Crippen molar-refractivity contribution in [3.05, 3.63) is 36.5 Å². The zero-order valence-electron chi connectivity index (χ0n) is 11.3. The lowest BCUT2D eigenvalue weighted by molar-refractivity contribution is -0.148. The van der Waals surface area contributed by atoms with E-state index in [0.29, 0.717) is 6.42 Å². The van der Waals surface area contributed by atoms with E-state index in [1.54, 1.807) is 0 Å². The topological polar surface area (TPSA) is 26.3 Å². The van der Waals surface area contributed by atoms with Crippen LogP contribution in [-0.4, -0.2) is 12.1 Å². The molecule has 18 heavy (non-hydrogen) atoms. The van der Waals surface area contributed by atoms with Crippen molar-refractivity contribution in [1.29, 1.82) is 0 Å². The summed E-state index contributed by atoms with van der Waals surface area (Å²) in [5, 5.41) is 0. The summed E-state index contributed by atoms with van der Waals surface area (Å²) in [5.74, 6) is -0.0631. The van der Waals surface area contributed by atoms with Crippen molar-refractivity contribution in [1.82, 2.24) is 0 Å². The molecular weight excluding hydrogens is 224 g/mol. The van der Waals surface area contributed by atoms with Gasteiger partial charge in [0.1, 0.15) is 6.10 Å². The number of carbonyl (C=O) groups excluding carboxylic acids is 1. The predicted molar refractivity (Wildman–Crippen MR) is 75.3 cm³/mol. The molecule has 1 unspecified atom stereocenters. The number of cyclic esters (lactones) is 1. The molecule has 0 spiro atoms. The van der Waals surface area contributed by atoms with Crippen LogP contribution in [0.25, 0.3) is 0 Å². The van der Waals surface area contributed by atoms with Gasteiger partial charge in [0.15, 0.2) is 0 Å². The minimum atomic E-state index is -0.0631. The van der Waals surface area contributed by atoms with E-state index in [-0.39, 0.29) is 12.1 Å². The van der Waals surface area contributed by atoms with E-state index in [1.807, 2.05) is 6.92 Å². The highest BCUT2D eigenvalue weighted by Crippen LogP contribution is 2.07. The lowest BCUT2D eigenvalue weighted by Crippen LogP contribution is -2.13. The molecule has 1 rings (SSSR count). The van der Waals surface area contributed by atoms with E-state index in [4.69, 9.17) is 4.74 Å². The fourth-order valence-electron chi connectivity index (χ4n) is 1.81. The van der Waals surface area contributed by atoms with E-state index in [2.05, 4.69) is 36.5 Å². The second-order valence-electron chi connectivity index (χ2n) is 4.67. The molecule has 1 aliphatic heterocycles. The summed E-state index contributed by atoms with van der Waals surface area (Å²) >= 11 is 0. The standard InChI is InChI=1S/C16H24O2/c1-15-13-11-9-7-5-3-2-4-6-8-10-12-14-16(17)18-15/h3-6,9,11,15H,2,7-8,10,12-14H2,1H3/b5-3-,6-4-,11-9-. The molecule has 0 aliphatic carbocycles. The monoisotopic (exact) mass is 248 g/mol. The highest BCUT2D eigenvalue weighted by molar-refractivity contribution is 5.69. The number of hydrogen-bond acceptors (Lipinski definition) is 2. The molecule has 0 aromatic rings. The minimum absolute atomic E-state index is 0.00877. The molecule has 0 N–H and O–H groups in total. The minimum Gasteiger partial charge on any atom is -0.462 e. The first-order chi connectivity index (χ1) is 8.79. The Balaban J connectivity index is 2.42. The third-order valence-electron chi connectivity index (χ3n) is 2.85. The Morgan fingerprint density at radius 3 is 2.44 bits per heavy atom. The summed E-state index contributed by atoms with van der Waals surface area (Å²) in [6.45, 7) is 1.95. The zero-order valence-corrected chi connectivity index (χ0v) is 11.3. The van der Waals surface area contributed by atoms with Crippen LogP contribution in [-0.2, 0) is 9.53 Å². The Bertz CT molecular complexity index is 313. The third kappa shape index (κ3) is 7.88. The molecular formula is C16H24O2. The molecule has 2 heteroatoms. The van der Waals surface area contributed by atoms with E-state index in [1.165, 1.54) is 0 Å². The maximum absolute atomic E-state index is 11.5. The smallest absolute Gasteiger partial charge is 0.306 e. The van der Waals surface area contributed by atoms with Crippen molar-refractivity contribution in [2.75, 3.05) is 0 Å². The molecule has 0 aromatic heterocycles. The van der Waals surface area contributed by atoms with Gasteiger partial charge in [0.05, 0.1) is 0 Å². The van der Waals surface area contributed by atoms with E-state index < -0.39 is 0 Å². The average Bonchev–Trinajstić information content (AvgIpc) is 2.33. The highest BCUT2D eigenvalue weighted by Gasteiger charge is 2.07. The number of rotatable bonds is 0. The van der Waals surface area contributed by atoms with Crippen LogP contribution in [0.4, 0.5) is 0 Å². The largest absolute Gasteiger partial charge is 0.462 e. The van der Waals surface area contributed by atoms with Crippen LogP contribution in [0, 0.1) is 0 Å². The second-order valence-corrected chi connectivity index (χ2v) is 4.67. The first-order valence-corrected chi connectivity index (χ1v) is 6.93. The van der Waals surface area contributed by atoms with E-state index in [0.717, 1.165) is 38.5 Å². The highest BCUT2D eigenvalue weighted by atomic mass is 16.5. The van der Waals surface area contributed by atoms with Crippen LogP contribution in [0.5, 0.6) is 0 Å². The van der Waals surface area contributed by atoms with Crippen LogP contribution in [0.15, 0.2) is 36.5 Å². The van der Waals surface area contributed by atoms with Gasteiger partial charge < -0.3 is 4.74 Å². The molecule has 0 amide bonds. The summed E-state index contributed by atoms with van der Waals surface area (Å²) < 4.78 is 5.32. The molecule has 0 radical (unpaired) electrons. The summed E-state index contributed by atoms with van der Waals surface area (Å²) in [7, 11) is 0. The van der Waals surface area contributed by atoms with E-state index >= 15 is 0 Å². The van der Waals surface area contributed by atoms with Gasteiger partial charge in [-0.3, -0.25) is 4.79 Å². The fraction of sp³-hybridized carbons (Fsp3) is 0.562. The summed E-state index contributed by atoms with van der Waals surface area (Å²) in [4.78, 5) is 11.5. The summed E-state index contributed by atoms with van der Waals surface area (Å²) in [6.07, 6.45) is 19.3. The lowest BCUT2D eigenvalue weighted by atomic mass is 10.1. The van der Waals surface area contributed by atoms with Crippen molar-refractivity contribution in [2.45, 2.75) is 58.0 Å². The molecule has 0 fully saturated rings. The second kappa shape index (κ2) is 9.69. The Morgan fingerprint density at radius 2 is 1.67 bits per heavy atom. The molecule has 0 aromatic carbocycles. The van der Waals surface area contributed by atoms with Gasteiger partial charge in [0.2, 0.25) is 0 Å². The van der Waals surface area contributed by atoms with Crippen LogP contribution in [0.3, 0.4) is 0 Å². The zero-order chi connectivity index (χ0) is 13.1. The Labute approximate surface area is 110 Å². The third-order valence-corrected chi connectivity index (χ3v) is 2.85. The first-order valence-electron chi connectivity index (χ1n) is 6.93. The molecule has 1 aliphatic rings. The van der Waals surface area contributed by atoms with Crippen LogP contribution in [0.2, 0.25) is 0 Å². The Morgan fingerprint density at radius 1 is 1.00 bits per heavy atom. The predicted octanol–water partition coefficient (Wildman–Crippen LogP) is 4.33.